The van der Waals surface area contributed by atoms with Gasteiger partial charge < -0.3 is 9.47 Å². The molecule has 0 amide bonds. The zero-order valence-corrected chi connectivity index (χ0v) is 9.21. The minimum absolute atomic E-state index is 0.605. The number of hydrogen-bond acceptors (Lipinski definition) is 3. The second kappa shape index (κ2) is 3.95. The zero-order chi connectivity index (χ0) is 10.8. The average molecular weight is 224 g/mol. The molecule has 0 radical (unpaired) electrons. The van der Waals surface area contributed by atoms with Crippen LogP contribution in [-0.2, 0) is 0 Å². The van der Waals surface area contributed by atoms with Crippen molar-refractivity contribution in [1.82, 2.24) is 4.98 Å². The molecule has 3 nitrogen and oxygen atoms in total. The van der Waals surface area contributed by atoms with E-state index in [9.17, 15) is 0 Å². The van der Waals surface area contributed by atoms with Crippen LogP contribution in [0.3, 0.4) is 0 Å². The van der Waals surface area contributed by atoms with Gasteiger partial charge in [0.2, 0.25) is 0 Å². The molecule has 15 heavy (non-hydrogen) atoms. The first-order valence-corrected chi connectivity index (χ1v) is 4.79. The molecule has 0 aliphatic rings. The van der Waals surface area contributed by atoms with Crippen molar-refractivity contribution in [3.63, 3.8) is 0 Å². The number of fused-ring (bicyclic) bond motifs is 1. The van der Waals surface area contributed by atoms with Gasteiger partial charge in [-0.25, -0.2) is 0 Å². The molecule has 2 rings (SSSR count). The fourth-order valence-corrected chi connectivity index (χ4v) is 1.68. The van der Waals surface area contributed by atoms with Gasteiger partial charge in [0.25, 0.3) is 0 Å². The van der Waals surface area contributed by atoms with Gasteiger partial charge in [-0.1, -0.05) is 11.6 Å². The number of nitrogens with zero attached hydrogens (tertiary/aromatic N) is 1. The van der Waals surface area contributed by atoms with Gasteiger partial charge in [0.05, 0.1) is 19.2 Å². The number of rotatable bonds is 2. The minimum Gasteiger partial charge on any atom is -0.493 e. The Labute approximate surface area is 92.6 Å². The Balaban J connectivity index is 2.75. The molecule has 0 spiro atoms. The van der Waals surface area contributed by atoms with E-state index in [1.54, 1.807) is 26.6 Å². The van der Waals surface area contributed by atoms with Crippen LogP contribution in [0.1, 0.15) is 0 Å². The summed E-state index contributed by atoms with van der Waals surface area (Å²) in [5.74, 6) is 1.34. The maximum absolute atomic E-state index is 6.02. The number of pyridine rings is 1. The first kappa shape index (κ1) is 10.1. The Bertz CT molecular complexity index is 499. The summed E-state index contributed by atoms with van der Waals surface area (Å²) in [5, 5.41) is 2.44. The highest BCUT2D eigenvalue weighted by Crippen LogP contribution is 2.34. The maximum atomic E-state index is 6.02. The van der Waals surface area contributed by atoms with E-state index in [1.807, 2.05) is 12.1 Å². The van der Waals surface area contributed by atoms with Crippen molar-refractivity contribution in [2.24, 2.45) is 0 Å². The highest BCUT2D eigenvalue weighted by molar-refractivity contribution is 6.35. The summed E-state index contributed by atoms with van der Waals surface area (Å²) in [5.41, 5.74) is 0. The van der Waals surface area contributed by atoms with Crippen molar-refractivity contribution >= 4 is 22.4 Å². The summed E-state index contributed by atoms with van der Waals surface area (Å²) in [6.45, 7) is 0. The van der Waals surface area contributed by atoms with Crippen LogP contribution in [0.4, 0.5) is 0 Å². The number of benzene rings is 1. The number of hydrogen-bond donors (Lipinski definition) is 0. The third-order valence-electron chi connectivity index (χ3n) is 2.21. The molecule has 1 aromatic carbocycles. The number of aromatic nitrogens is 1. The van der Waals surface area contributed by atoms with Crippen molar-refractivity contribution < 1.29 is 9.47 Å². The Morgan fingerprint density at radius 2 is 1.73 bits per heavy atom. The smallest absolute Gasteiger partial charge is 0.161 e. The third kappa shape index (κ3) is 1.70. The van der Waals surface area contributed by atoms with E-state index >= 15 is 0 Å². The summed E-state index contributed by atoms with van der Waals surface area (Å²) in [6.07, 6.45) is 3.35. The first-order valence-electron chi connectivity index (χ1n) is 4.41. The van der Waals surface area contributed by atoms with Crippen molar-refractivity contribution in [2.45, 2.75) is 0 Å². The van der Waals surface area contributed by atoms with Gasteiger partial charge in [-0.2, -0.15) is 0 Å². The zero-order valence-electron chi connectivity index (χ0n) is 8.45. The second-order valence-electron chi connectivity index (χ2n) is 3.05. The van der Waals surface area contributed by atoms with Crippen LogP contribution in [0, 0.1) is 0 Å². The van der Waals surface area contributed by atoms with Crippen LogP contribution in [0.15, 0.2) is 24.5 Å². The lowest BCUT2D eigenvalue weighted by atomic mass is 10.1. The third-order valence-corrected chi connectivity index (χ3v) is 2.52. The molecule has 0 N–H and O–H groups in total. The van der Waals surface area contributed by atoms with Gasteiger partial charge >= 0.3 is 0 Å². The largest absolute Gasteiger partial charge is 0.493 e. The molecular weight excluding hydrogens is 214 g/mol. The van der Waals surface area contributed by atoms with Crippen LogP contribution >= 0.6 is 11.6 Å². The Kier molecular flexibility index (Phi) is 2.64. The van der Waals surface area contributed by atoms with Crippen molar-refractivity contribution in [3.8, 4) is 11.5 Å². The molecule has 78 valence electrons. The topological polar surface area (TPSA) is 31.4 Å². The Morgan fingerprint density at radius 3 is 2.40 bits per heavy atom. The van der Waals surface area contributed by atoms with E-state index in [-0.39, 0.29) is 0 Å². The van der Waals surface area contributed by atoms with Crippen LogP contribution in [-0.4, -0.2) is 19.2 Å². The molecule has 2 aromatic rings. The summed E-state index contributed by atoms with van der Waals surface area (Å²) < 4.78 is 10.4. The fraction of sp³-hybridized carbons (Fsp3) is 0.182. The summed E-state index contributed by atoms with van der Waals surface area (Å²) >= 11 is 6.02. The number of ether oxygens (including phenoxy) is 2. The highest BCUT2D eigenvalue weighted by Gasteiger charge is 2.07. The molecule has 0 aliphatic carbocycles. The van der Waals surface area contributed by atoms with Gasteiger partial charge in [0, 0.05) is 23.2 Å². The van der Waals surface area contributed by atoms with Gasteiger partial charge in [-0.05, 0) is 12.1 Å². The van der Waals surface area contributed by atoms with Gasteiger partial charge in [0.1, 0.15) is 0 Å². The molecular formula is C11H10ClNO2. The van der Waals surface area contributed by atoms with Crippen LogP contribution < -0.4 is 9.47 Å². The van der Waals surface area contributed by atoms with Crippen LogP contribution in [0.2, 0.25) is 5.02 Å². The van der Waals surface area contributed by atoms with Crippen LogP contribution in [0.5, 0.6) is 11.5 Å². The van der Waals surface area contributed by atoms with E-state index in [0.29, 0.717) is 16.5 Å². The predicted octanol–water partition coefficient (Wildman–Crippen LogP) is 2.91. The monoisotopic (exact) mass is 223 g/mol. The molecule has 4 heteroatoms. The van der Waals surface area contributed by atoms with Gasteiger partial charge in [-0.3, -0.25) is 4.98 Å². The first-order chi connectivity index (χ1) is 7.26. The normalized spacial score (nSPS) is 10.3. The summed E-state index contributed by atoms with van der Waals surface area (Å²) in [7, 11) is 3.19. The van der Waals surface area contributed by atoms with E-state index in [4.69, 9.17) is 21.1 Å². The summed E-state index contributed by atoms with van der Waals surface area (Å²) in [4.78, 5) is 4.01. The van der Waals surface area contributed by atoms with E-state index in [0.717, 1.165) is 10.8 Å². The quantitative estimate of drug-likeness (QED) is 0.785. The molecule has 0 fully saturated rings. The second-order valence-corrected chi connectivity index (χ2v) is 3.46. The number of methoxy groups -OCH3 is 2. The molecule has 0 unspecified atom stereocenters. The van der Waals surface area contributed by atoms with Crippen LogP contribution in [0.25, 0.3) is 10.8 Å². The standard InChI is InChI=1S/C11H10ClNO2/c1-14-10-3-7-5-13-6-9(12)8(7)4-11(10)15-2/h3-6H,1-2H3. The minimum atomic E-state index is 0.605. The van der Waals surface area contributed by atoms with Gasteiger partial charge in [-0.15, -0.1) is 0 Å². The lowest BCUT2D eigenvalue weighted by Gasteiger charge is -2.09. The maximum Gasteiger partial charge on any atom is 0.161 e. The molecule has 1 aromatic heterocycles. The van der Waals surface area contributed by atoms with E-state index in [2.05, 4.69) is 4.98 Å². The highest BCUT2D eigenvalue weighted by atomic mass is 35.5. The van der Waals surface area contributed by atoms with Crippen molar-refractivity contribution in [1.29, 1.82) is 0 Å². The van der Waals surface area contributed by atoms with E-state index < -0.39 is 0 Å². The van der Waals surface area contributed by atoms with Crippen molar-refractivity contribution in [2.75, 3.05) is 14.2 Å². The molecule has 0 saturated heterocycles. The SMILES string of the molecule is COc1cc2cncc(Cl)c2cc1OC. The molecule has 0 aliphatic heterocycles. The summed E-state index contributed by atoms with van der Waals surface area (Å²) in [6, 6.07) is 3.70. The number of halogens is 1. The fourth-order valence-electron chi connectivity index (χ4n) is 1.46. The Morgan fingerprint density at radius 1 is 1.07 bits per heavy atom. The van der Waals surface area contributed by atoms with Gasteiger partial charge in [0.15, 0.2) is 11.5 Å². The average Bonchev–Trinajstić information content (AvgIpc) is 2.28. The molecule has 0 bridgehead atoms. The predicted molar refractivity (Wildman–Crippen MR) is 59.9 cm³/mol. The van der Waals surface area contributed by atoms with E-state index in [1.165, 1.54) is 0 Å². The Hall–Kier alpha value is -1.48. The molecule has 0 atom stereocenters. The molecule has 0 saturated carbocycles. The lowest BCUT2D eigenvalue weighted by Crippen LogP contribution is -1.91. The molecule has 1 heterocycles. The lowest BCUT2D eigenvalue weighted by molar-refractivity contribution is 0.356. The van der Waals surface area contributed by atoms with Crippen molar-refractivity contribution in [3.05, 3.63) is 29.5 Å².